The van der Waals surface area contributed by atoms with Crippen LogP contribution in [0.2, 0.25) is 5.02 Å². The molecule has 1 atom stereocenters. The van der Waals surface area contributed by atoms with Gasteiger partial charge in [0.25, 0.3) is 11.6 Å². The van der Waals surface area contributed by atoms with Gasteiger partial charge in [-0.2, -0.15) is 0 Å². The van der Waals surface area contributed by atoms with Crippen molar-refractivity contribution in [2.45, 2.75) is 13.0 Å². The highest BCUT2D eigenvalue weighted by molar-refractivity contribution is 7.12. The SMILES string of the molecule is COC(CNC(=O)c1cc(Cl)ccc1[N+](=O)[O-])c1ccc(C)s1. The minimum Gasteiger partial charge on any atom is -0.374 e. The van der Waals surface area contributed by atoms with Gasteiger partial charge in [0.2, 0.25) is 0 Å². The van der Waals surface area contributed by atoms with E-state index in [-0.39, 0.29) is 28.9 Å². The second kappa shape index (κ2) is 7.54. The molecule has 2 rings (SSSR count). The van der Waals surface area contributed by atoms with Crippen LogP contribution in [0.4, 0.5) is 5.69 Å². The molecule has 1 heterocycles. The first-order valence-electron chi connectivity index (χ1n) is 6.73. The Morgan fingerprint density at radius 2 is 2.17 bits per heavy atom. The molecule has 0 saturated carbocycles. The van der Waals surface area contributed by atoms with Crippen molar-refractivity contribution in [3.05, 3.63) is 60.8 Å². The zero-order valence-corrected chi connectivity index (χ0v) is 14.1. The summed E-state index contributed by atoms with van der Waals surface area (Å²) in [6.07, 6.45) is -0.309. The molecule has 8 heteroatoms. The molecular formula is C15H15ClN2O4S. The molecule has 0 fully saturated rings. The lowest BCUT2D eigenvalue weighted by Crippen LogP contribution is -2.29. The monoisotopic (exact) mass is 354 g/mol. The normalized spacial score (nSPS) is 12.0. The van der Waals surface area contributed by atoms with Gasteiger partial charge in [0.15, 0.2) is 0 Å². The van der Waals surface area contributed by atoms with Gasteiger partial charge >= 0.3 is 0 Å². The summed E-state index contributed by atoms with van der Waals surface area (Å²) in [5.74, 6) is -0.561. The molecule has 0 aliphatic rings. The Kier molecular flexibility index (Phi) is 5.70. The first-order valence-corrected chi connectivity index (χ1v) is 7.93. The van der Waals surface area contributed by atoms with E-state index in [4.69, 9.17) is 16.3 Å². The van der Waals surface area contributed by atoms with Crippen molar-refractivity contribution >= 4 is 34.5 Å². The van der Waals surface area contributed by atoms with Crippen molar-refractivity contribution < 1.29 is 14.5 Å². The Morgan fingerprint density at radius 1 is 1.43 bits per heavy atom. The lowest BCUT2D eigenvalue weighted by molar-refractivity contribution is -0.385. The van der Waals surface area contributed by atoms with Crippen molar-refractivity contribution in [3.8, 4) is 0 Å². The smallest absolute Gasteiger partial charge is 0.282 e. The summed E-state index contributed by atoms with van der Waals surface area (Å²) in [5, 5.41) is 13.9. The number of benzene rings is 1. The lowest BCUT2D eigenvalue weighted by Gasteiger charge is -2.14. The summed E-state index contributed by atoms with van der Waals surface area (Å²) in [5.41, 5.74) is -0.354. The van der Waals surface area contributed by atoms with Crippen LogP contribution in [0.1, 0.15) is 26.2 Å². The van der Waals surface area contributed by atoms with Crippen molar-refractivity contribution in [1.82, 2.24) is 5.32 Å². The van der Waals surface area contributed by atoms with Crippen LogP contribution in [-0.2, 0) is 4.74 Å². The molecule has 0 bridgehead atoms. The van der Waals surface area contributed by atoms with Gasteiger partial charge in [0.1, 0.15) is 11.7 Å². The summed E-state index contributed by atoms with van der Waals surface area (Å²) >= 11 is 7.40. The lowest BCUT2D eigenvalue weighted by atomic mass is 10.1. The number of nitro groups is 1. The number of hydrogen-bond donors (Lipinski definition) is 1. The second-order valence-corrected chi connectivity index (χ2v) is 6.56. The van der Waals surface area contributed by atoms with Crippen molar-refractivity contribution in [2.24, 2.45) is 0 Å². The number of amides is 1. The minimum absolute atomic E-state index is 0.0697. The van der Waals surface area contributed by atoms with Crippen LogP contribution in [0.3, 0.4) is 0 Å². The molecule has 1 amide bonds. The number of nitro benzene ring substituents is 1. The largest absolute Gasteiger partial charge is 0.374 e. The molecule has 2 aromatic rings. The Bertz CT molecular complexity index is 732. The summed E-state index contributed by atoms with van der Waals surface area (Å²) < 4.78 is 5.37. The molecule has 1 N–H and O–H groups in total. The highest BCUT2D eigenvalue weighted by Crippen LogP contribution is 2.26. The van der Waals surface area contributed by atoms with E-state index in [1.54, 1.807) is 18.4 Å². The quantitative estimate of drug-likeness (QED) is 0.633. The zero-order chi connectivity index (χ0) is 17.0. The van der Waals surface area contributed by atoms with E-state index in [0.717, 1.165) is 9.75 Å². The Labute approximate surface area is 142 Å². The number of nitrogens with zero attached hydrogens (tertiary/aromatic N) is 1. The molecule has 0 saturated heterocycles. The van der Waals surface area contributed by atoms with E-state index in [1.807, 2.05) is 19.1 Å². The number of halogens is 1. The first kappa shape index (κ1) is 17.4. The van der Waals surface area contributed by atoms with E-state index in [0.29, 0.717) is 0 Å². The number of rotatable bonds is 6. The second-order valence-electron chi connectivity index (χ2n) is 4.80. The summed E-state index contributed by atoms with van der Waals surface area (Å²) in [6, 6.07) is 7.78. The molecule has 0 spiro atoms. The maximum atomic E-state index is 12.3. The highest BCUT2D eigenvalue weighted by Gasteiger charge is 2.22. The van der Waals surface area contributed by atoms with Crippen LogP contribution in [-0.4, -0.2) is 24.5 Å². The number of ether oxygens (including phenoxy) is 1. The van der Waals surface area contributed by atoms with Crippen LogP contribution in [0.5, 0.6) is 0 Å². The van der Waals surface area contributed by atoms with Gasteiger partial charge in [-0.25, -0.2) is 0 Å². The molecule has 1 aromatic carbocycles. The summed E-state index contributed by atoms with van der Waals surface area (Å²) in [7, 11) is 1.55. The van der Waals surface area contributed by atoms with Gasteiger partial charge in [-0.05, 0) is 31.2 Å². The topological polar surface area (TPSA) is 81.5 Å². The molecule has 6 nitrogen and oxygen atoms in total. The van der Waals surface area contributed by atoms with Gasteiger partial charge in [-0.15, -0.1) is 11.3 Å². The Morgan fingerprint density at radius 3 is 2.74 bits per heavy atom. The molecule has 0 aliphatic heterocycles. The predicted molar refractivity (Wildman–Crippen MR) is 89.2 cm³/mol. The van der Waals surface area contributed by atoms with Crippen LogP contribution in [0.25, 0.3) is 0 Å². The number of carbonyl (C=O) groups excluding carboxylic acids is 1. The van der Waals surface area contributed by atoms with Crippen molar-refractivity contribution in [3.63, 3.8) is 0 Å². The number of nitrogens with one attached hydrogen (secondary N) is 1. The Balaban J connectivity index is 2.13. The highest BCUT2D eigenvalue weighted by atomic mass is 35.5. The van der Waals surface area contributed by atoms with Gasteiger partial charge in [0, 0.05) is 34.5 Å². The average Bonchev–Trinajstić information content (AvgIpc) is 2.93. The molecule has 0 radical (unpaired) electrons. The molecule has 122 valence electrons. The zero-order valence-electron chi connectivity index (χ0n) is 12.5. The number of methoxy groups -OCH3 is 1. The van der Waals surface area contributed by atoms with Gasteiger partial charge in [0.05, 0.1) is 4.92 Å². The molecular weight excluding hydrogens is 340 g/mol. The maximum absolute atomic E-state index is 12.3. The fraction of sp³-hybridized carbons (Fsp3) is 0.267. The van der Waals surface area contributed by atoms with E-state index >= 15 is 0 Å². The molecule has 23 heavy (non-hydrogen) atoms. The Hall–Kier alpha value is -1.96. The van der Waals surface area contributed by atoms with Crippen LogP contribution in [0.15, 0.2) is 30.3 Å². The molecule has 0 aliphatic carbocycles. The standard InChI is InChI=1S/C15H15ClN2O4S/c1-9-3-6-14(23-9)13(22-2)8-17-15(19)11-7-10(16)4-5-12(11)18(20)21/h3-7,13H,8H2,1-2H3,(H,17,19). The van der Waals surface area contributed by atoms with E-state index in [1.165, 1.54) is 18.2 Å². The molecule has 1 aromatic heterocycles. The van der Waals surface area contributed by atoms with E-state index < -0.39 is 10.8 Å². The number of carbonyl (C=O) groups is 1. The number of aryl methyl sites for hydroxylation is 1. The third-order valence-corrected chi connectivity index (χ3v) is 4.54. The van der Waals surface area contributed by atoms with Crippen LogP contribution < -0.4 is 5.32 Å². The third kappa shape index (κ3) is 4.28. The summed E-state index contributed by atoms with van der Waals surface area (Å²) in [4.78, 5) is 24.8. The van der Waals surface area contributed by atoms with Gasteiger partial charge in [-0.1, -0.05) is 11.6 Å². The fourth-order valence-electron chi connectivity index (χ4n) is 2.06. The van der Waals surface area contributed by atoms with Gasteiger partial charge in [-0.3, -0.25) is 14.9 Å². The van der Waals surface area contributed by atoms with Gasteiger partial charge < -0.3 is 10.1 Å². The summed E-state index contributed by atoms with van der Waals surface area (Å²) in [6.45, 7) is 2.19. The predicted octanol–water partition coefficient (Wildman–Crippen LogP) is 3.74. The van der Waals surface area contributed by atoms with Crippen molar-refractivity contribution in [1.29, 1.82) is 0 Å². The van der Waals surface area contributed by atoms with Crippen molar-refractivity contribution in [2.75, 3.05) is 13.7 Å². The first-order chi connectivity index (χ1) is 10.9. The van der Waals surface area contributed by atoms with E-state index in [2.05, 4.69) is 5.32 Å². The van der Waals surface area contributed by atoms with E-state index in [9.17, 15) is 14.9 Å². The van der Waals surface area contributed by atoms with Crippen LogP contribution in [0, 0.1) is 17.0 Å². The van der Waals surface area contributed by atoms with Crippen LogP contribution >= 0.6 is 22.9 Å². The average molecular weight is 355 g/mol. The minimum atomic E-state index is -0.609. The third-order valence-electron chi connectivity index (χ3n) is 3.21. The maximum Gasteiger partial charge on any atom is 0.282 e. The number of hydrogen-bond acceptors (Lipinski definition) is 5. The number of thiophene rings is 1. The molecule has 1 unspecified atom stereocenters. The fourth-order valence-corrected chi connectivity index (χ4v) is 3.18.